The number of aliphatic carboxylic acids is 1. The minimum Gasteiger partial charge on any atom is -0.481 e. The molecule has 1 fully saturated rings. The van der Waals surface area contributed by atoms with Crippen LogP contribution in [-0.4, -0.2) is 38.3 Å². The SMILES string of the molecule is Cc1nc(C2CSCCS2)nc(C)c1CCC(=O)O. The van der Waals surface area contributed by atoms with Gasteiger partial charge >= 0.3 is 5.97 Å². The van der Waals surface area contributed by atoms with E-state index in [1.54, 1.807) is 0 Å². The summed E-state index contributed by atoms with van der Waals surface area (Å²) in [5, 5.41) is 9.15. The van der Waals surface area contributed by atoms with Gasteiger partial charge in [0.15, 0.2) is 0 Å². The molecule has 0 saturated carbocycles. The first-order valence-electron chi connectivity index (χ1n) is 6.33. The maximum atomic E-state index is 10.7. The number of nitrogens with zero attached hydrogens (tertiary/aromatic N) is 2. The summed E-state index contributed by atoms with van der Waals surface area (Å²) in [5.74, 6) is 3.55. The fourth-order valence-electron chi connectivity index (χ4n) is 2.14. The van der Waals surface area contributed by atoms with Gasteiger partial charge in [0.25, 0.3) is 0 Å². The van der Waals surface area contributed by atoms with Crippen LogP contribution in [0.5, 0.6) is 0 Å². The molecule has 0 amide bonds. The van der Waals surface area contributed by atoms with Crippen LogP contribution in [0, 0.1) is 13.8 Å². The Hall–Kier alpha value is -0.750. The molecule has 0 bridgehead atoms. The van der Waals surface area contributed by atoms with Gasteiger partial charge in [-0.3, -0.25) is 4.79 Å². The summed E-state index contributed by atoms with van der Waals surface area (Å²) in [5.41, 5.74) is 2.85. The van der Waals surface area contributed by atoms with Crippen LogP contribution >= 0.6 is 23.5 Å². The van der Waals surface area contributed by atoms with Crippen molar-refractivity contribution in [1.29, 1.82) is 0 Å². The second-order valence-electron chi connectivity index (χ2n) is 4.56. The number of rotatable bonds is 4. The highest BCUT2D eigenvalue weighted by Crippen LogP contribution is 2.35. The molecule has 104 valence electrons. The van der Waals surface area contributed by atoms with Crippen LogP contribution in [0.4, 0.5) is 0 Å². The van der Waals surface area contributed by atoms with Crippen LogP contribution in [0.1, 0.15) is 34.4 Å². The van der Waals surface area contributed by atoms with E-state index in [2.05, 4.69) is 9.97 Å². The fourth-order valence-corrected chi connectivity index (χ4v) is 4.74. The van der Waals surface area contributed by atoms with Gasteiger partial charge in [0.1, 0.15) is 5.82 Å². The van der Waals surface area contributed by atoms with Gasteiger partial charge in [-0.15, -0.1) is 11.8 Å². The molecule has 1 saturated heterocycles. The molecule has 0 spiro atoms. The largest absolute Gasteiger partial charge is 0.481 e. The van der Waals surface area contributed by atoms with Gasteiger partial charge < -0.3 is 5.11 Å². The quantitative estimate of drug-likeness (QED) is 0.922. The number of aromatic nitrogens is 2. The Kier molecular flexibility index (Phi) is 5.10. The van der Waals surface area contributed by atoms with Crippen molar-refractivity contribution in [3.05, 3.63) is 22.8 Å². The van der Waals surface area contributed by atoms with E-state index in [0.717, 1.165) is 34.3 Å². The van der Waals surface area contributed by atoms with E-state index >= 15 is 0 Å². The minimum atomic E-state index is -0.776. The predicted octanol–water partition coefficient (Wildman–Crippen LogP) is 2.63. The standard InChI is InChI=1S/C13H18N2O2S2/c1-8-10(3-4-12(16)17)9(2)15-13(14-8)11-7-18-5-6-19-11/h11H,3-7H2,1-2H3,(H,16,17). The highest BCUT2D eigenvalue weighted by Gasteiger charge is 2.21. The normalized spacial score (nSPS) is 19.4. The van der Waals surface area contributed by atoms with Gasteiger partial charge in [-0.2, -0.15) is 11.8 Å². The van der Waals surface area contributed by atoms with E-state index in [0.29, 0.717) is 11.7 Å². The van der Waals surface area contributed by atoms with Gasteiger partial charge in [0.05, 0.1) is 5.25 Å². The molecule has 6 heteroatoms. The van der Waals surface area contributed by atoms with Crippen molar-refractivity contribution in [3.8, 4) is 0 Å². The Morgan fingerprint density at radius 3 is 2.53 bits per heavy atom. The van der Waals surface area contributed by atoms with Crippen LogP contribution in [0.2, 0.25) is 0 Å². The van der Waals surface area contributed by atoms with Crippen LogP contribution < -0.4 is 0 Å². The summed E-state index contributed by atoms with van der Waals surface area (Å²) in [6, 6.07) is 0. The van der Waals surface area contributed by atoms with E-state index in [9.17, 15) is 4.79 Å². The number of thioether (sulfide) groups is 2. The maximum Gasteiger partial charge on any atom is 0.303 e. The highest BCUT2D eigenvalue weighted by molar-refractivity contribution is 8.06. The third-order valence-electron chi connectivity index (χ3n) is 3.13. The summed E-state index contributed by atoms with van der Waals surface area (Å²) in [6.45, 7) is 3.91. The van der Waals surface area contributed by atoms with E-state index in [4.69, 9.17) is 5.11 Å². The number of hydrogen-bond donors (Lipinski definition) is 1. The minimum absolute atomic E-state index is 0.137. The van der Waals surface area contributed by atoms with Gasteiger partial charge in [-0.1, -0.05) is 0 Å². The molecule has 1 aromatic heterocycles. The van der Waals surface area contributed by atoms with Crippen LogP contribution in [-0.2, 0) is 11.2 Å². The Balaban J connectivity index is 2.18. The van der Waals surface area contributed by atoms with Crippen molar-refractivity contribution >= 4 is 29.5 Å². The smallest absolute Gasteiger partial charge is 0.303 e. The van der Waals surface area contributed by atoms with Gasteiger partial charge in [0, 0.05) is 35.1 Å². The molecule has 2 rings (SSSR count). The lowest BCUT2D eigenvalue weighted by molar-refractivity contribution is -0.136. The Bertz CT molecular complexity index is 451. The second-order valence-corrected chi connectivity index (χ2v) is 7.02. The van der Waals surface area contributed by atoms with Crippen molar-refractivity contribution in [2.45, 2.75) is 31.9 Å². The fraction of sp³-hybridized carbons (Fsp3) is 0.615. The number of carboxylic acid groups (broad SMARTS) is 1. The molecule has 0 radical (unpaired) electrons. The Morgan fingerprint density at radius 2 is 2.00 bits per heavy atom. The van der Waals surface area contributed by atoms with Gasteiger partial charge in [-0.25, -0.2) is 9.97 Å². The van der Waals surface area contributed by atoms with Crippen molar-refractivity contribution in [2.75, 3.05) is 17.3 Å². The number of aryl methyl sites for hydroxylation is 2. The van der Waals surface area contributed by atoms with Gasteiger partial charge in [-0.05, 0) is 25.8 Å². The lowest BCUT2D eigenvalue weighted by Gasteiger charge is -2.21. The van der Waals surface area contributed by atoms with Crippen molar-refractivity contribution < 1.29 is 9.90 Å². The monoisotopic (exact) mass is 298 g/mol. The van der Waals surface area contributed by atoms with E-state index in [1.165, 1.54) is 5.75 Å². The molecule has 1 N–H and O–H groups in total. The number of hydrogen-bond acceptors (Lipinski definition) is 5. The lowest BCUT2D eigenvalue weighted by atomic mass is 10.1. The summed E-state index contributed by atoms with van der Waals surface area (Å²) >= 11 is 3.87. The molecule has 2 heterocycles. The molecular formula is C13H18N2O2S2. The molecule has 1 atom stereocenters. The maximum absolute atomic E-state index is 10.7. The van der Waals surface area contributed by atoms with E-state index < -0.39 is 5.97 Å². The molecular weight excluding hydrogens is 280 g/mol. The zero-order valence-corrected chi connectivity index (χ0v) is 12.8. The molecule has 0 aliphatic carbocycles. The van der Waals surface area contributed by atoms with Crippen LogP contribution in [0.25, 0.3) is 0 Å². The predicted molar refractivity (Wildman–Crippen MR) is 80.0 cm³/mol. The molecule has 1 aliphatic rings. The average Bonchev–Trinajstić information content (AvgIpc) is 2.38. The molecule has 1 aliphatic heterocycles. The van der Waals surface area contributed by atoms with Crippen LogP contribution in [0.3, 0.4) is 0 Å². The highest BCUT2D eigenvalue weighted by atomic mass is 32.2. The van der Waals surface area contributed by atoms with Gasteiger partial charge in [0.2, 0.25) is 0 Å². The molecule has 4 nitrogen and oxygen atoms in total. The zero-order chi connectivity index (χ0) is 13.8. The third-order valence-corrected chi connectivity index (χ3v) is 5.88. The Labute approximate surface area is 121 Å². The number of carbonyl (C=O) groups is 1. The first-order chi connectivity index (χ1) is 9.08. The molecule has 19 heavy (non-hydrogen) atoms. The molecule has 1 aromatic rings. The third kappa shape index (κ3) is 3.86. The summed E-state index contributed by atoms with van der Waals surface area (Å²) in [4.78, 5) is 19.9. The van der Waals surface area contributed by atoms with Crippen LogP contribution in [0.15, 0.2) is 0 Å². The lowest BCUT2D eigenvalue weighted by Crippen LogP contribution is -2.13. The van der Waals surface area contributed by atoms with Crippen molar-refractivity contribution in [2.24, 2.45) is 0 Å². The van der Waals surface area contributed by atoms with Crippen molar-refractivity contribution in [3.63, 3.8) is 0 Å². The molecule has 1 unspecified atom stereocenters. The zero-order valence-electron chi connectivity index (χ0n) is 11.2. The first kappa shape index (κ1) is 14.7. The van der Waals surface area contributed by atoms with E-state index in [-0.39, 0.29) is 6.42 Å². The number of carboxylic acids is 1. The first-order valence-corrected chi connectivity index (χ1v) is 8.53. The topological polar surface area (TPSA) is 63.1 Å². The van der Waals surface area contributed by atoms with Crippen molar-refractivity contribution in [1.82, 2.24) is 9.97 Å². The summed E-state index contributed by atoms with van der Waals surface area (Å²) in [6.07, 6.45) is 0.651. The Morgan fingerprint density at radius 1 is 1.32 bits per heavy atom. The summed E-state index contributed by atoms with van der Waals surface area (Å²) in [7, 11) is 0. The average molecular weight is 298 g/mol. The molecule has 0 aromatic carbocycles. The summed E-state index contributed by atoms with van der Waals surface area (Å²) < 4.78 is 0. The van der Waals surface area contributed by atoms with E-state index in [1.807, 2.05) is 37.4 Å². The second kappa shape index (κ2) is 6.61.